The summed E-state index contributed by atoms with van der Waals surface area (Å²) in [4.78, 5) is 10.3. The van der Waals surface area contributed by atoms with Gasteiger partial charge in [-0.25, -0.2) is 0 Å². The van der Waals surface area contributed by atoms with E-state index in [0.29, 0.717) is 17.1 Å². The third-order valence-corrected chi connectivity index (χ3v) is 2.75. The van der Waals surface area contributed by atoms with Crippen molar-refractivity contribution in [3.05, 3.63) is 63.7 Å². The predicted octanol–water partition coefficient (Wildman–Crippen LogP) is 3.19. The molecule has 5 heteroatoms. The van der Waals surface area contributed by atoms with Gasteiger partial charge >= 0.3 is 0 Å². The van der Waals surface area contributed by atoms with Crippen LogP contribution in [-0.4, -0.2) is 10.0 Å². The Kier molecular flexibility index (Phi) is 3.77. The van der Waals surface area contributed by atoms with Crippen molar-refractivity contribution in [2.75, 3.05) is 0 Å². The number of hydrogen-bond donors (Lipinski definition) is 1. The fourth-order valence-corrected chi connectivity index (χ4v) is 1.66. The summed E-state index contributed by atoms with van der Waals surface area (Å²) in [5.74, 6) is 0.906. The molecule has 1 N–H and O–H groups in total. The number of hydrogen-bond acceptors (Lipinski definition) is 4. The number of aliphatic hydroxyl groups excluding tert-OH is 1. The van der Waals surface area contributed by atoms with Crippen molar-refractivity contribution < 1.29 is 14.8 Å². The third-order valence-electron chi connectivity index (χ3n) is 2.75. The van der Waals surface area contributed by atoms with Gasteiger partial charge in [0.25, 0.3) is 5.69 Å². The zero-order valence-electron chi connectivity index (χ0n) is 10.4. The summed E-state index contributed by atoms with van der Waals surface area (Å²) < 4.78 is 5.66. The second-order valence-electron chi connectivity index (χ2n) is 4.07. The lowest BCUT2D eigenvalue weighted by atomic mass is 10.2. The molecule has 0 saturated carbocycles. The van der Waals surface area contributed by atoms with Crippen LogP contribution in [0.5, 0.6) is 11.5 Å². The molecule has 0 radical (unpaired) electrons. The molecule has 0 aliphatic rings. The highest BCUT2D eigenvalue weighted by Gasteiger charge is 2.11. The zero-order valence-corrected chi connectivity index (χ0v) is 10.4. The first kappa shape index (κ1) is 13.0. The van der Waals surface area contributed by atoms with E-state index in [1.807, 2.05) is 0 Å². The number of nitro groups is 1. The van der Waals surface area contributed by atoms with E-state index < -0.39 is 4.92 Å². The summed E-state index contributed by atoms with van der Waals surface area (Å²) in [5.41, 5.74) is 1.40. The Morgan fingerprint density at radius 2 is 1.95 bits per heavy atom. The average molecular weight is 259 g/mol. The first-order valence-corrected chi connectivity index (χ1v) is 5.73. The predicted molar refractivity (Wildman–Crippen MR) is 70.3 cm³/mol. The molecular formula is C14H13NO4. The summed E-state index contributed by atoms with van der Waals surface area (Å²) in [6.45, 7) is 1.66. The first-order valence-electron chi connectivity index (χ1n) is 5.73. The topological polar surface area (TPSA) is 72.6 Å². The maximum Gasteiger partial charge on any atom is 0.273 e. The van der Waals surface area contributed by atoms with Crippen molar-refractivity contribution in [2.45, 2.75) is 13.5 Å². The Bertz CT molecular complexity index is 610. The van der Waals surface area contributed by atoms with Gasteiger partial charge in [-0.3, -0.25) is 10.1 Å². The van der Waals surface area contributed by atoms with E-state index in [4.69, 9.17) is 4.74 Å². The van der Waals surface area contributed by atoms with Gasteiger partial charge in [0.1, 0.15) is 11.5 Å². The van der Waals surface area contributed by atoms with E-state index in [1.54, 1.807) is 37.3 Å². The highest BCUT2D eigenvalue weighted by atomic mass is 16.6. The molecule has 0 aliphatic carbocycles. The number of para-hydroxylation sites is 1. The van der Waals surface area contributed by atoms with Gasteiger partial charge in [0.15, 0.2) is 0 Å². The van der Waals surface area contributed by atoms with Crippen LogP contribution in [0.15, 0.2) is 42.5 Å². The van der Waals surface area contributed by atoms with Crippen LogP contribution >= 0.6 is 0 Å². The molecule has 2 aromatic rings. The Hall–Kier alpha value is -2.40. The normalized spacial score (nSPS) is 10.2. The van der Waals surface area contributed by atoms with Crippen LogP contribution in [0, 0.1) is 17.0 Å². The Balaban J connectivity index is 2.37. The van der Waals surface area contributed by atoms with Gasteiger partial charge in [0.05, 0.1) is 17.6 Å². The Morgan fingerprint density at radius 3 is 2.63 bits per heavy atom. The maximum atomic E-state index is 10.7. The number of nitrogens with zero attached hydrogens (tertiary/aromatic N) is 1. The summed E-state index contributed by atoms with van der Waals surface area (Å²) in [6, 6.07) is 11.5. The van der Waals surface area contributed by atoms with Crippen molar-refractivity contribution in [2.24, 2.45) is 0 Å². The molecular weight excluding hydrogens is 246 g/mol. The lowest BCUT2D eigenvalue weighted by Gasteiger charge is -2.11. The number of benzene rings is 2. The van der Waals surface area contributed by atoms with E-state index >= 15 is 0 Å². The lowest BCUT2D eigenvalue weighted by Crippen LogP contribution is -1.95. The number of aryl methyl sites for hydroxylation is 1. The molecule has 0 unspecified atom stereocenters. The molecule has 0 aliphatic heterocycles. The smallest absolute Gasteiger partial charge is 0.273 e. The maximum absolute atomic E-state index is 10.7. The standard InChI is InChI=1S/C14H13NO4/c1-10-6-7-12(15(17)18)8-14(10)19-13-5-3-2-4-11(13)9-16/h2-8,16H,9H2,1H3. The molecule has 0 aromatic heterocycles. The number of rotatable bonds is 4. The fourth-order valence-electron chi connectivity index (χ4n) is 1.66. The van der Waals surface area contributed by atoms with Crippen molar-refractivity contribution in [1.29, 1.82) is 0 Å². The van der Waals surface area contributed by atoms with Crippen LogP contribution in [0.1, 0.15) is 11.1 Å². The molecule has 19 heavy (non-hydrogen) atoms. The molecule has 5 nitrogen and oxygen atoms in total. The van der Waals surface area contributed by atoms with Crippen LogP contribution in [-0.2, 0) is 6.61 Å². The second-order valence-corrected chi connectivity index (χ2v) is 4.07. The van der Waals surface area contributed by atoms with E-state index in [0.717, 1.165) is 5.56 Å². The van der Waals surface area contributed by atoms with Crippen LogP contribution in [0.4, 0.5) is 5.69 Å². The number of ether oxygens (including phenoxy) is 1. The lowest BCUT2D eigenvalue weighted by molar-refractivity contribution is -0.384. The third kappa shape index (κ3) is 2.89. The van der Waals surface area contributed by atoms with Gasteiger partial charge in [0, 0.05) is 11.6 Å². The van der Waals surface area contributed by atoms with Gasteiger partial charge in [-0.15, -0.1) is 0 Å². The largest absolute Gasteiger partial charge is 0.456 e. The molecule has 0 fully saturated rings. The zero-order chi connectivity index (χ0) is 13.8. The SMILES string of the molecule is Cc1ccc([N+](=O)[O-])cc1Oc1ccccc1CO. The molecule has 0 spiro atoms. The molecule has 98 valence electrons. The van der Waals surface area contributed by atoms with Gasteiger partial charge < -0.3 is 9.84 Å². The van der Waals surface area contributed by atoms with Crippen LogP contribution in [0.25, 0.3) is 0 Å². The fraction of sp³-hybridized carbons (Fsp3) is 0.143. The number of nitro benzene ring substituents is 1. The molecule has 0 amide bonds. The summed E-state index contributed by atoms with van der Waals surface area (Å²) >= 11 is 0. The Morgan fingerprint density at radius 1 is 1.21 bits per heavy atom. The second kappa shape index (κ2) is 5.49. The molecule has 2 aromatic carbocycles. The first-order chi connectivity index (χ1) is 9.11. The van der Waals surface area contributed by atoms with Crippen molar-refractivity contribution >= 4 is 5.69 Å². The molecule has 0 heterocycles. The highest BCUT2D eigenvalue weighted by molar-refractivity contribution is 5.47. The van der Waals surface area contributed by atoms with Crippen molar-refractivity contribution in [3.8, 4) is 11.5 Å². The van der Waals surface area contributed by atoms with Gasteiger partial charge in [-0.2, -0.15) is 0 Å². The van der Waals surface area contributed by atoms with E-state index in [2.05, 4.69) is 0 Å². The average Bonchev–Trinajstić information content (AvgIpc) is 2.41. The highest BCUT2D eigenvalue weighted by Crippen LogP contribution is 2.30. The van der Waals surface area contributed by atoms with E-state index in [1.165, 1.54) is 12.1 Å². The van der Waals surface area contributed by atoms with Crippen molar-refractivity contribution in [1.82, 2.24) is 0 Å². The van der Waals surface area contributed by atoms with E-state index in [9.17, 15) is 15.2 Å². The number of non-ortho nitro benzene ring substituents is 1. The molecule has 0 bridgehead atoms. The summed E-state index contributed by atoms with van der Waals surface area (Å²) in [7, 11) is 0. The van der Waals surface area contributed by atoms with Crippen molar-refractivity contribution in [3.63, 3.8) is 0 Å². The Labute approximate surface area is 110 Å². The summed E-state index contributed by atoms with van der Waals surface area (Å²) in [5, 5.41) is 20.0. The van der Waals surface area contributed by atoms with Crippen LogP contribution in [0.2, 0.25) is 0 Å². The minimum Gasteiger partial charge on any atom is -0.456 e. The molecule has 0 atom stereocenters. The minimum atomic E-state index is -0.468. The van der Waals surface area contributed by atoms with Gasteiger partial charge in [0.2, 0.25) is 0 Å². The van der Waals surface area contributed by atoms with Gasteiger partial charge in [-0.05, 0) is 24.6 Å². The molecule has 0 saturated heterocycles. The van der Waals surface area contributed by atoms with Gasteiger partial charge in [-0.1, -0.05) is 18.2 Å². The van der Waals surface area contributed by atoms with Crippen LogP contribution < -0.4 is 4.74 Å². The quantitative estimate of drug-likeness (QED) is 0.676. The number of aliphatic hydroxyl groups is 1. The van der Waals surface area contributed by atoms with E-state index in [-0.39, 0.29) is 12.3 Å². The minimum absolute atomic E-state index is 0.0259. The molecule has 2 rings (SSSR count). The van der Waals surface area contributed by atoms with Crippen LogP contribution in [0.3, 0.4) is 0 Å². The summed E-state index contributed by atoms with van der Waals surface area (Å²) in [6.07, 6.45) is 0. The monoisotopic (exact) mass is 259 g/mol.